The van der Waals surface area contributed by atoms with Gasteiger partial charge in [-0.2, -0.15) is 0 Å². The van der Waals surface area contributed by atoms with Crippen molar-refractivity contribution < 1.29 is 19.4 Å². The van der Waals surface area contributed by atoms with Crippen molar-refractivity contribution in [3.63, 3.8) is 0 Å². The van der Waals surface area contributed by atoms with Crippen LogP contribution in [0.25, 0.3) is 0 Å². The maximum Gasteiger partial charge on any atom is 0.358 e. The maximum absolute atomic E-state index is 11.4. The minimum atomic E-state index is -1.17. The van der Waals surface area contributed by atoms with Crippen LogP contribution in [-0.2, 0) is 16.1 Å². The lowest BCUT2D eigenvalue weighted by atomic mass is 10.4. The second-order valence-corrected chi connectivity index (χ2v) is 3.51. The minimum absolute atomic E-state index is 0.0467. The van der Waals surface area contributed by atoms with Crippen molar-refractivity contribution in [2.24, 2.45) is 0 Å². The highest BCUT2D eigenvalue weighted by atomic mass is 16.5. The van der Waals surface area contributed by atoms with E-state index < -0.39 is 5.97 Å². The summed E-state index contributed by atoms with van der Waals surface area (Å²) in [5, 5.41) is 18.2. The quantitative estimate of drug-likeness (QED) is 0.608. The molecule has 0 spiro atoms. The summed E-state index contributed by atoms with van der Waals surface area (Å²) in [6.45, 7) is 3.63. The van der Waals surface area contributed by atoms with E-state index >= 15 is 0 Å². The minimum Gasteiger partial charge on any atom is -0.476 e. The van der Waals surface area contributed by atoms with E-state index in [1.165, 1.54) is 10.9 Å². The molecule has 8 nitrogen and oxygen atoms in total. The summed E-state index contributed by atoms with van der Waals surface area (Å²) in [4.78, 5) is 22.0. The summed E-state index contributed by atoms with van der Waals surface area (Å²) in [7, 11) is 0. The standard InChI is InChI=1S/C10H16N4O4/c1-2-18-5-3-4-11-9(15)7-14-6-8(10(16)17)12-13-14/h6H,2-5,7H2,1H3,(H,11,15)(H,16,17). The molecule has 1 rings (SSSR count). The van der Waals surface area contributed by atoms with Crippen LogP contribution >= 0.6 is 0 Å². The average molecular weight is 256 g/mol. The van der Waals surface area contributed by atoms with Crippen molar-refractivity contribution in [3.05, 3.63) is 11.9 Å². The number of hydrogen-bond donors (Lipinski definition) is 2. The largest absolute Gasteiger partial charge is 0.476 e. The van der Waals surface area contributed by atoms with Crippen LogP contribution in [0.1, 0.15) is 23.8 Å². The van der Waals surface area contributed by atoms with Gasteiger partial charge in [-0.05, 0) is 13.3 Å². The van der Waals surface area contributed by atoms with Gasteiger partial charge in [0.2, 0.25) is 5.91 Å². The maximum atomic E-state index is 11.4. The fourth-order valence-electron chi connectivity index (χ4n) is 1.22. The predicted molar refractivity (Wildman–Crippen MR) is 61.1 cm³/mol. The Morgan fingerprint density at radius 3 is 2.94 bits per heavy atom. The third kappa shape index (κ3) is 4.91. The summed E-state index contributed by atoms with van der Waals surface area (Å²) in [5.74, 6) is -1.41. The Kier molecular flexibility index (Phi) is 5.78. The fraction of sp³-hybridized carbons (Fsp3) is 0.600. The summed E-state index contributed by atoms with van der Waals surface area (Å²) in [5.41, 5.74) is -0.181. The molecule has 0 aliphatic rings. The summed E-state index contributed by atoms with van der Waals surface area (Å²) in [6.07, 6.45) is 1.94. The molecule has 100 valence electrons. The van der Waals surface area contributed by atoms with Crippen LogP contribution in [0, 0.1) is 0 Å². The van der Waals surface area contributed by atoms with Gasteiger partial charge in [0.25, 0.3) is 0 Å². The van der Waals surface area contributed by atoms with Crippen LogP contribution in [-0.4, -0.2) is 51.7 Å². The number of aromatic nitrogens is 3. The molecular weight excluding hydrogens is 240 g/mol. The molecule has 0 unspecified atom stereocenters. The average Bonchev–Trinajstić information content (AvgIpc) is 2.77. The Morgan fingerprint density at radius 1 is 1.56 bits per heavy atom. The van der Waals surface area contributed by atoms with E-state index in [1.807, 2.05) is 6.92 Å². The van der Waals surface area contributed by atoms with Crippen LogP contribution in [0.15, 0.2) is 6.20 Å². The summed E-state index contributed by atoms with van der Waals surface area (Å²) in [6, 6.07) is 0. The Balaban J connectivity index is 2.24. The third-order valence-electron chi connectivity index (χ3n) is 2.06. The third-order valence-corrected chi connectivity index (χ3v) is 2.06. The molecule has 0 saturated carbocycles. The number of carbonyl (C=O) groups is 2. The van der Waals surface area contributed by atoms with Crippen molar-refractivity contribution in [1.82, 2.24) is 20.3 Å². The van der Waals surface area contributed by atoms with E-state index in [0.717, 1.165) is 6.42 Å². The van der Waals surface area contributed by atoms with Crippen LogP contribution in [0.5, 0.6) is 0 Å². The highest BCUT2D eigenvalue weighted by Crippen LogP contribution is 1.92. The van der Waals surface area contributed by atoms with E-state index in [4.69, 9.17) is 9.84 Å². The van der Waals surface area contributed by atoms with Gasteiger partial charge < -0.3 is 15.2 Å². The van der Waals surface area contributed by atoms with Gasteiger partial charge in [-0.25, -0.2) is 9.48 Å². The molecule has 0 aliphatic carbocycles. The number of carbonyl (C=O) groups excluding carboxylic acids is 1. The molecule has 8 heteroatoms. The van der Waals surface area contributed by atoms with E-state index in [9.17, 15) is 9.59 Å². The highest BCUT2D eigenvalue weighted by molar-refractivity contribution is 5.84. The number of amides is 1. The van der Waals surface area contributed by atoms with Gasteiger partial charge >= 0.3 is 5.97 Å². The first-order valence-corrected chi connectivity index (χ1v) is 5.61. The number of nitrogens with zero attached hydrogens (tertiary/aromatic N) is 3. The number of hydrogen-bond acceptors (Lipinski definition) is 5. The molecule has 18 heavy (non-hydrogen) atoms. The van der Waals surface area contributed by atoms with E-state index in [1.54, 1.807) is 0 Å². The topological polar surface area (TPSA) is 106 Å². The Bertz CT molecular complexity index is 404. The van der Waals surface area contributed by atoms with Crippen LogP contribution in [0.2, 0.25) is 0 Å². The molecule has 0 bridgehead atoms. The first-order chi connectivity index (χ1) is 8.63. The monoisotopic (exact) mass is 256 g/mol. The number of aromatic carboxylic acids is 1. The smallest absolute Gasteiger partial charge is 0.358 e. The summed E-state index contributed by atoms with van der Waals surface area (Å²) < 4.78 is 6.30. The predicted octanol–water partition coefficient (Wildman–Crippen LogP) is -0.481. The second kappa shape index (κ2) is 7.38. The fourth-order valence-corrected chi connectivity index (χ4v) is 1.22. The molecule has 0 atom stereocenters. The number of rotatable bonds is 8. The molecule has 1 aromatic rings. The van der Waals surface area contributed by atoms with Crippen molar-refractivity contribution >= 4 is 11.9 Å². The number of carboxylic acid groups (broad SMARTS) is 1. The molecule has 0 fully saturated rings. The zero-order chi connectivity index (χ0) is 13.4. The zero-order valence-electron chi connectivity index (χ0n) is 10.1. The van der Waals surface area contributed by atoms with Crippen molar-refractivity contribution in [2.75, 3.05) is 19.8 Å². The summed E-state index contributed by atoms with van der Waals surface area (Å²) >= 11 is 0. The van der Waals surface area contributed by atoms with Gasteiger partial charge in [-0.3, -0.25) is 4.79 Å². The van der Waals surface area contributed by atoms with Gasteiger partial charge in [0, 0.05) is 19.8 Å². The van der Waals surface area contributed by atoms with Gasteiger partial charge in [0.1, 0.15) is 6.54 Å². The SMILES string of the molecule is CCOCCCNC(=O)Cn1cc(C(=O)O)nn1. The van der Waals surface area contributed by atoms with Gasteiger partial charge in [-0.15, -0.1) is 5.10 Å². The van der Waals surface area contributed by atoms with Gasteiger partial charge in [0.05, 0.1) is 6.20 Å². The first-order valence-electron chi connectivity index (χ1n) is 5.61. The molecule has 0 aliphatic heterocycles. The molecule has 1 amide bonds. The molecular formula is C10H16N4O4. The number of ether oxygens (including phenoxy) is 1. The van der Waals surface area contributed by atoms with Crippen LogP contribution in [0.4, 0.5) is 0 Å². The van der Waals surface area contributed by atoms with Crippen molar-refractivity contribution in [1.29, 1.82) is 0 Å². The second-order valence-electron chi connectivity index (χ2n) is 3.51. The molecule has 1 heterocycles. The lowest BCUT2D eigenvalue weighted by Gasteiger charge is -2.04. The van der Waals surface area contributed by atoms with E-state index in [0.29, 0.717) is 19.8 Å². The van der Waals surface area contributed by atoms with Crippen LogP contribution in [0.3, 0.4) is 0 Å². The van der Waals surface area contributed by atoms with Crippen molar-refractivity contribution in [2.45, 2.75) is 19.9 Å². The molecule has 0 aromatic carbocycles. The van der Waals surface area contributed by atoms with E-state index in [-0.39, 0.29) is 18.1 Å². The lowest BCUT2D eigenvalue weighted by molar-refractivity contribution is -0.121. The lowest BCUT2D eigenvalue weighted by Crippen LogP contribution is -2.29. The number of carboxylic acids is 1. The first kappa shape index (κ1) is 14.1. The molecule has 0 saturated heterocycles. The normalized spacial score (nSPS) is 10.3. The van der Waals surface area contributed by atoms with Crippen LogP contribution < -0.4 is 5.32 Å². The Labute approximate surface area is 104 Å². The zero-order valence-corrected chi connectivity index (χ0v) is 10.1. The highest BCUT2D eigenvalue weighted by Gasteiger charge is 2.10. The molecule has 1 aromatic heterocycles. The van der Waals surface area contributed by atoms with Crippen molar-refractivity contribution in [3.8, 4) is 0 Å². The van der Waals surface area contributed by atoms with Gasteiger partial charge in [0.15, 0.2) is 5.69 Å². The van der Waals surface area contributed by atoms with Gasteiger partial charge in [-0.1, -0.05) is 5.21 Å². The Hall–Kier alpha value is -1.96. The number of nitrogens with one attached hydrogen (secondary N) is 1. The Morgan fingerprint density at radius 2 is 2.33 bits per heavy atom. The molecule has 0 radical (unpaired) electrons. The van der Waals surface area contributed by atoms with E-state index in [2.05, 4.69) is 15.6 Å². The molecule has 2 N–H and O–H groups in total.